The summed E-state index contributed by atoms with van der Waals surface area (Å²) in [6.07, 6.45) is 2.21. The number of benzene rings is 3. The molecule has 2 atom stereocenters. The highest BCUT2D eigenvalue weighted by atomic mass is 16.5. The normalized spacial score (nSPS) is 19.1. The number of carbonyl (C=O) groups excluding carboxylic acids is 1. The zero-order chi connectivity index (χ0) is 24.4. The van der Waals surface area contributed by atoms with E-state index >= 15 is 0 Å². The number of nitrogens with zero attached hydrogens (tertiary/aromatic N) is 1. The van der Waals surface area contributed by atoms with Crippen molar-refractivity contribution in [1.82, 2.24) is 0 Å². The third-order valence-electron chi connectivity index (χ3n) is 6.88. The monoisotopic (exact) mass is 467 g/mol. The third-order valence-corrected chi connectivity index (χ3v) is 6.88. The van der Waals surface area contributed by atoms with Gasteiger partial charge in [0.1, 0.15) is 5.75 Å². The molecule has 1 heterocycles. The van der Waals surface area contributed by atoms with Crippen LogP contribution >= 0.6 is 0 Å². The second-order valence-corrected chi connectivity index (χ2v) is 9.54. The zero-order valence-corrected chi connectivity index (χ0v) is 20.7. The summed E-state index contributed by atoms with van der Waals surface area (Å²) in [5.74, 6) is 1.14. The topological polar surface area (TPSA) is 53.6 Å². The first-order chi connectivity index (χ1) is 17.0. The Hall–Kier alpha value is -3.73. The summed E-state index contributed by atoms with van der Waals surface area (Å²) in [6.45, 7) is 2.74. The molecular formula is C30H33N3O2. The van der Waals surface area contributed by atoms with E-state index in [9.17, 15) is 4.79 Å². The Labute approximate surface area is 207 Å². The Morgan fingerprint density at radius 1 is 0.914 bits per heavy atom. The fourth-order valence-corrected chi connectivity index (χ4v) is 5.07. The van der Waals surface area contributed by atoms with Crippen molar-refractivity contribution in [2.45, 2.75) is 38.1 Å². The number of anilines is 3. The lowest BCUT2D eigenvalue weighted by Gasteiger charge is -2.30. The Bertz CT molecular complexity index is 1250. The molecule has 2 aliphatic rings. The number of hydrogen-bond donors (Lipinski definition) is 2. The predicted octanol–water partition coefficient (Wildman–Crippen LogP) is 6.52. The predicted molar refractivity (Wildman–Crippen MR) is 143 cm³/mol. The van der Waals surface area contributed by atoms with Crippen LogP contribution in [0.4, 0.5) is 17.1 Å². The van der Waals surface area contributed by atoms with E-state index in [0.717, 1.165) is 52.5 Å². The van der Waals surface area contributed by atoms with Crippen molar-refractivity contribution >= 4 is 22.8 Å². The number of Topliss-reactive ketones (excluding diaryl/α,β-unsaturated/α-hetero) is 1. The van der Waals surface area contributed by atoms with Gasteiger partial charge in [0.2, 0.25) is 0 Å². The van der Waals surface area contributed by atoms with Crippen molar-refractivity contribution in [3.05, 3.63) is 95.2 Å². The number of hydrogen-bond acceptors (Lipinski definition) is 5. The Balaban J connectivity index is 1.56. The van der Waals surface area contributed by atoms with E-state index in [4.69, 9.17) is 4.74 Å². The molecular weight excluding hydrogens is 434 g/mol. The van der Waals surface area contributed by atoms with Crippen LogP contribution in [-0.2, 0) is 4.79 Å². The standard InChI is InChI=1S/C30H33N3O2/c1-4-17-35-28-12-8-5-9-23(28)30-29-26(31-24-10-6-7-11-25(24)32-30)18-21(19-27(29)34)20-13-15-22(16-14-20)33(2)3/h5-16,21,30-32H,4,17-19H2,1-3H3. The van der Waals surface area contributed by atoms with Gasteiger partial charge in [-0.05, 0) is 54.7 Å². The highest BCUT2D eigenvalue weighted by Gasteiger charge is 2.37. The molecule has 5 heteroatoms. The molecule has 2 unspecified atom stereocenters. The second kappa shape index (κ2) is 9.87. The molecule has 0 radical (unpaired) electrons. The number of para-hydroxylation sites is 3. The minimum absolute atomic E-state index is 0.141. The molecule has 3 aromatic rings. The second-order valence-electron chi connectivity index (χ2n) is 9.54. The van der Waals surface area contributed by atoms with Gasteiger partial charge in [-0.15, -0.1) is 0 Å². The molecule has 35 heavy (non-hydrogen) atoms. The van der Waals surface area contributed by atoms with E-state index in [2.05, 4.69) is 64.9 Å². The summed E-state index contributed by atoms with van der Waals surface area (Å²) in [4.78, 5) is 15.9. The van der Waals surface area contributed by atoms with Gasteiger partial charge < -0.3 is 20.3 Å². The van der Waals surface area contributed by atoms with E-state index in [1.165, 1.54) is 5.56 Å². The molecule has 0 amide bonds. The number of allylic oxidation sites excluding steroid dienone is 1. The molecule has 0 saturated heterocycles. The van der Waals surface area contributed by atoms with E-state index in [1.807, 2.05) is 44.4 Å². The van der Waals surface area contributed by atoms with E-state index in [1.54, 1.807) is 0 Å². The smallest absolute Gasteiger partial charge is 0.163 e. The minimum atomic E-state index is -0.279. The number of ether oxygens (including phenoxy) is 1. The van der Waals surface area contributed by atoms with Crippen molar-refractivity contribution in [3.8, 4) is 5.75 Å². The van der Waals surface area contributed by atoms with Crippen LogP contribution < -0.4 is 20.3 Å². The van der Waals surface area contributed by atoms with Crippen molar-refractivity contribution in [2.24, 2.45) is 0 Å². The van der Waals surface area contributed by atoms with Crippen LogP contribution in [0.5, 0.6) is 5.75 Å². The van der Waals surface area contributed by atoms with E-state index in [-0.39, 0.29) is 17.7 Å². The van der Waals surface area contributed by atoms with Gasteiger partial charge in [-0.25, -0.2) is 0 Å². The molecule has 3 aromatic carbocycles. The van der Waals surface area contributed by atoms with Crippen LogP contribution in [0.15, 0.2) is 84.1 Å². The summed E-state index contributed by atoms with van der Waals surface area (Å²) >= 11 is 0. The van der Waals surface area contributed by atoms with Crippen molar-refractivity contribution in [1.29, 1.82) is 0 Å². The highest BCUT2D eigenvalue weighted by Crippen LogP contribution is 2.45. The van der Waals surface area contributed by atoms with Gasteiger partial charge in [0.25, 0.3) is 0 Å². The summed E-state index contributed by atoms with van der Waals surface area (Å²) < 4.78 is 6.11. The fraction of sp³-hybridized carbons (Fsp3) is 0.300. The SMILES string of the molecule is CCCOc1ccccc1C1Nc2ccccc2NC2=C1C(=O)CC(c1ccc(N(C)C)cc1)C2. The van der Waals surface area contributed by atoms with Crippen LogP contribution in [0.25, 0.3) is 0 Å². The van der Waals surface area contributed by atoms with E-state index in [0.29, 0.717) is 13.0 Å². The number of nitrogens with one attached hydrogen (secondary N) is 2. The molecule has 2 N–H and O–H groups in total. The lowest BCUT2D eigenvalue weighted by atomic mass is 9.78. The van der Waals surface area contributed by atoms with Gasteiger partial charge in [0.15, 0.2) is 5.78 Å². The molecule has 0 saturated carbocycles. The van der Waals surface area contributed by atoms with Crippen LogP contribution in [0, 0.1) is 0 Å². The number of carbonyl (C=O) groups is 1. The van der Waals surface area contributed by atoms with Gasteiger partial charge in [0, 0.05) is 43.0 Å². The van der Waals surface area contributed by atoms with Gasteiger partial charge in [-0.1, -0.05) is 49.4 Å². The number of ketones is 1. The Kier molecular flexibility index (Phi) is 6.49. The maximum atomic E-state index is 13.8. The first-order valence-electron chi connectivity index (χ1n) is 12.4. The average molecular weight is 468 g/mol. The molecule has 0 aromatic heterocycles. The Morgan fingerprint density at radius 3 is 2.37 bits per heavy atom. The molecule has 180 valence electrons. The lowest BCUT2D eigenvalue weighted by molar-refractivity contribution is -0.116. The van der Waals surface area contributed by atoms with Crippen molar-refractivity contribution in [2.75, 3.05) is 36.2 Å². The van der Waals surface area contributed by atoms with Gasteiger partial charge in [0.05, 0.1) is 24.0 Å². The largest absolute Gasteiger partial charge is 0.493 e. The first-order valence-corrected chi connectivity index (χ1v) is 12.4. The average Bonchev–Trinajstić information content (AvgIpc) is 3.04. The zero-order valence-electron chi connectivity index (χ0n) is 20.7. The molecule has 0 bridgehead atoms. The van der Waals surface area contributed by atoms with Crippen LogP contribution in [-0.4, -0.2) is 26.5 Å². The highest BCUT2D eigenvalue weighted by molar-refractivity contribution is 6.01. The van der Waals surface area contributed by atoms with Crippen molar-refractivity contribution < 1.29 is 9.53 Å². The molecule has 5 rings (SSSR count). The third kappa shape index (κ3) is 4.63. The number of fused-ring (bicyclic) bond motifs is 1. The first kappa shape index (κ1) is 23.0. The minimum Gasteiger partial charge on any atom is -0.493 e. The quantitative estimate of drug-likeness (QED) is 0.432. The van der Waals surface area contributed by atoms with Crippen LogP contribution in [0.2, 0.25) is 0 Å². The van der Waals surface area contributed by atoms with Gasteiger partial charge in [-0.2, -0.15) is 0 Å². The van der Waals surface area contributed by atoms with Crippen molar-refractivity contribution in [3.63, 3.8) is 0 Å². The maximum Gasteiger partial charge on any atom is 0.163 e. The summed E-state index contributed by atoms with van der Waals surface area (Å²) in [7, 11) is 4.08. The molecule has 1 aliphatic heterocycles. The van der Waals surface area contributed by atoms with Crippen LogP contribution in [0.3, 0.4) is 0 Å². The maximum absolute atomic E-state index is 13.8. The van der Waals surface area contributed by atoms with Gasteiger partial charge in [-0.3, -0.25) is 4.79 Å². The Morgan fingerprint density at radius 2 is 1.63 bits per heavy atom. The molecule has 0 spiro atoms. The van der Waals surface area contributed by atoms with Gasteiger partial charge >= 0.3 is 0 Å². The molecule has 5 nitrogen and oxygen atoms in total. The van der Waals surface area contributed by atoms with E-state index < -0.39 is 0 Å². The lowest BCUT2D eigenvalue weighted by Crippen LogP contribution is -2.27. The molecule has 1 aliphatic carbocycles. The number of rotatable bonds is 6. The molecule has 0 fully saturated rings. The summed E-state index contributed by atoms with van der Waals surface area (Å²) in [5, 5.41) is 7.30. The summed E-state index contributed by atoms with van der Waals surface area (Å²) in [5.41, 5.74) is 7.14. The fourth-order valence-electron chi connectivity index (χ4n) is 5.07. The van der Waals surface area contributed by atoms with Crippen LogP contribution in [0.1, 0.15) is 49.3 Å². The summed E-state index contributed by atoms with van der Waals surface area (Å²) in [6, 6.07) is 24.5.